The second kappa shape index (κ2) is 12.3. The average molecular weight is 457 g/mol. The van der Waals surface area contributed by atoms with Crippen LogP contribution in [0, 0.1) is 29.1 Å². The Morgan fingerprint density at radius 3 is 2.25 bits per heavy atom. The molecule has 32 heavy (non-hydrogen) atoms. The van der Waals surface area contributed by atoms with Gasteiger partial charge in [0.05, 0.1) is 19.3 Å². The second-order valence-electron chi connectivity index (χ2n) is 9.98. The van der Waals surface area contributed by atoms with Crippen LogP contribution in [0.3, 0.4) is 0 Å². The number of aliphatic hydroxyl groups excluding tert-OH is 1. The van der Waals surface area contributed by atoms with Gasteiger partial charge < -0.3 is 29.5 Å². The quantitative estimate of drug-likeness (QED) is 0.491. The summed E-state index contributed by atoms with van der Waals surface area (Å²) in [6.45, 7) is 8.33. The van der Waals surface area contributed by atoms with Gasteiger partial charge in [-0.2, -0.15) is 0 Å². The zero-order chi connectivity index (χ0) is 23.9. The van der Waals surface area contributed by atoms with Crippen LogP contribution in [-0.4, -0.2) is 88.2 Å². The molecular weight excluding hydrogens is 412 g/mol. The Bertz CT molecular complexity index is 609. The molecule has 2 amide bonds. The van der Waals surface area contributed by atoms with Crippen LogP contribution in [0.25, 0.3) is 0 Å². The number of methoxy groups -OCH3 is 3. The van der Waals surface area contributed by atoms with Gasteiger partial charge in [0.25, 0.3) is 0 Å². The molecule has 0 saturated heterocycles. The molecular formula is C24H44N2O6. The largest absolute Gasteiger partial charge is 0.392 e. The molecule has 8 nitrogen and oxygen atoms in total. The Kier molecular flexibility index (Phi) is 10.4. The number of amides is 2. The minimum atomic E-state index is -0.587. The molecule has 8 heteroatoms. The summed E-state index contributed by atoms with van der Waals surface area (Å²) >= 11 is 0. The molecule has 2 aliphatic rings. The molecule has 2 rings (SSSR count). The van der Waals surface area contributed by atoms with Crippen molar-refractivity contribution < 1.29 is 28.9 Å². The van der Waals surface area contributed by atoms with Crippen LogP contribution in [0.1, 0.15) is 46.5 Å². The van der Waals surface area contributed by atoms with E-state index in [2.05, 4.69) is 19.2 Å². The molecule has 0 aromatic heterocycles. The molecule has 0 bridgehead atoms. The Hall–Kier alpha value is -1.22. The Balaban J connectivity index is 2.14. The van der Waals surface area contributed by atoms with E-state index in [0.717, 1.165) is 25.7 Å². The molecule has 0 heterocycles. The van der Waals surface area contributed by atoms with E-state index < -0.39 is 6.10 Å². The summed E-state index contributed by atoms with van der Waals surface area (Å²) in [4.78, 5) is 27.2. The van der Waals surface area contributed by atoms with Crippen LogP contribution in [0.2, 0.25) is 0 Å². The number of ether oxygens (including phenoxy) is 3. The highest BCUT2D eigenvalue weighted by atomic mass is 16.5. The van der Waals surface area contributed by atoms with Crippen molar-refractivity contribution in [3.05, 3.63) is 0 Å². The third kappa shape index (κ3) is 6.22. The van der Waals surface area contributed by atoms with Gasteiger partial charge in [-0.3, -0.25) is 9.59 Å². The summed E-state index contributed by atoms with van der Waals surface area (Å²) in [6.07, 6.45) is 3.08. The van der Waals surface area contributed by atoms with Gasteiger partial charge in [-0.1, -0.05) is 20.8 Å². The minimum Gasteiger partial charge on any atom is -0.392 e. The summed E-state index contributed by atoms with van der Waals surface area (Å²) in [5, 5.41) is 14.6. The van der Waals surface area contributed by atoms with Crippen molar-refractivity contribution >= 4 is 11.8 Å². The van der Waals surface area contributed by atoms with Crippen LogP contribution < -0.4 is 5.32 Å². The van der Waals surface area contributed by atoms with E-state index in [4.69, 9.17) is 14.2 Å². The van der Waals surface area contributed by atoms with Crippen LogP contribution >= 0.6 is 0 Å². The van der Waals surface area contributed by atoms with E-state index in [1.54, 1.807) is 19.1 Å². The first-order chi connectivity index (χ1) is 15.2. The van der Waals surface area contributed by atoms with E-state index in [-0.39, 0.29) is 53.5 Å². The Morgan fingerprint density at radius 2 is 1.69 bits per heavy atom. The smallest absolute Gasteiger partial charge is 0.246 e. The molecule has 2 N–H and O–H groups in total. The highest BCUT2D eigenvalue weighted by molar-refractivity contribution is 5.79. The van der Waals surface area contributed by atoms with Crippen molar-refractivity contribution in [1.29, 1.82) is 0 Å². The molecule has 0 aliphatic heterocycles. The highest BCUT2D eigenvalue weighted by Gasteiger charge is 2.54. The third-order valence-corrected chi connectivity index (χ3v) is 7.98. The molecule has 186 valence electrons. The number of carbonyl (C=O) groups is 2. The zero-order valence-electron chi connectivity index (χ0n) is 20.8. The fraction of sp³-hybridized carbons (Fsp3) is 0.917. The zero-order valence-corrected chi connectivity index (χ0v) is 20.8. The number of aliphatic hydroxyl groups is 1. The van der Waals surface area contributed by atoms with Gasteiger partial charge in [0.15, 0.2) is 0 Å². The number of rotatable bonds is 11. The van der Waals surface area contributed by atoms with Gasteiger partial charge >= 0.3 is 0 Å². The maximum atomic E-state index is 13.3. The van der Waals surface area contributed by atoms with Crippen molar-refractivity contribution in [3.8, 4) is 0 Å². The highest BCUT2D eigenvalue weighted by Crippen LogP contribution is 2.55. The maximum Gasteiger partial charge on any atom is 0.246 e. The lowest BCUT2D eigenvalue weighted by Crippen LogP contribution is -2.59. The van der Waals surface area contributed by atoms with E-state index in [0.29, 0.717) is 26.3 Å². The first-order valence-electron chi connectivity index (χ1n) is 11.9. The van der Waals surface area contributed by atoms with Crippen LogP contribution in [-0.2, 0) is 23.8 Å². The minimum absolute atomic E-state index is 0.00929. The Labute approximate surface area is 193 Å². The number of hydrogen-bond acceptors (Lipinski definition) is 6. The number of fused-ring (bicyclic) bond motifs is 1. The normalized spacial score (nSPS) is 33.3. The van der Waals surface area contributed by atoms with Crippen molar-refractivity contribution in [2.75, 3.05) is 54.2 Å². The predicted octanol–water partition coefficient (Wildman–Crippen LogP) is 1.70. The molecule has 2 fully saturated rings. The van der Waals surface area contributed by atoms with Gasteiger partial charge in [0.1, 0.15) is 6.61 Å². The molecule has 2 aliphatic carbocycles. The number of carbonyl (C=O) groups excluding carboxylic acids is 2. The van der Waals surface area contributed by atoms with Gasteiger partial charge in [0.2, 0.25) is 11.8 Å². The van der Waals surface area contributed by atoms with Gasteiger partial charge in [-0.15, -0.1) is 0 Å². The van der Waals surface area contributed by atoms with Crippen molar-refractivity contribution in [1.82, 2.24) is 10.2 Å². The van der Waals surface area contributed by atoms with Gasteiger partial charge in [0, 0.05) is 46.4 Å². The second-order valence-corrected chi connectivity index (χ2v) is 9.98. The number of nitrogens with one attached hydrogen (secondary N) is 1. The van der Waals surface area contributed by atoms with E-state index >= 15 is 0 Å². The lowest BCUT2D eigenvalue weighted by Gasteiger charge is -2.56. The average Bonchev–Trinajstić information content (AvgIpc) is 2.75. The maximum absolute atomic E-state index is 13.3. The van der Waals surface area contributed by atoms with E-state index in [1.165, 1.54) is 7.11 Å². The van der Waals surface area contributed by atoms with Crippen LogP contribution in [0.4, 0.5) is 0 Å². The van der Waals surface area contributed by atoms with Gasteiger partial charge in [-0.25, -0.2) is 0 Å². The molecule has 0 spiro atoms. The molecule has 2 saturated carbocycles. The summed E-state index contributed by atoms with van der Waals surface area (Å²) in [7, 11) is 4.76. The van der Waals surface area contributed by atoms with Crippen molar-refractivity contribution in [2.24, 2.45) is 29.1 Å². The SMILES string of the molecule is COCCN(CCOC)C(=O)C(C)C1CCC2(C)CCC(NC(=O)COC)C(C)C2C1O. The Morgan fingerprint density at radius 1 is 1.09 bits per heavy atom. The fourth-order valence-electron chi connectivity index (χ4n) is 6.08. The lowest BCUT2D eigenvalue weighted by molar-refractivity contribution is -0.152. The number of nitrogens with zero attached hydrogens (tertiary/aromatic N) is 1. The standard InChI is InChI=1S/C24H44N2O6/c1-16(23(29)26(11-13-30-4)12-14-31-5)18-7-9-24(3)10-8-19(25-20(27)15-32-6)17(2)21(24)22(18)28/h16-19,21-22,28H,7-15H2,1-6H3,(H,25,27). The first kappa shape index (κ1) is 27.0. The van der Waals surface area contributed by atoms with Crippen molar-refractivity contribution in [2.45, 2.75) is 58.6 Å². The lowest BCUT2D eigenvalue weighted by atomic mass is 9.51. The third-order valence-electron chi connectivity index (χ3n) is 7.98. The van der Waals surface area contributed by atoms with Crippen LogP contribution in [0.5, 0.6) is 0 Å². The topological polar surface area (TPSA) is 97.3 Å². The van der Waals surface area contributed by atoms with Crippen LogP contribution in [0.15, 0.2) is 0 Å². The van der Waals surface area contributed by atoms with Crippen molar-refractivity contribution in [3.63, 3.8) is 0 Å². The predicted molar refractivity (Wildman–Crippen MR) is 122 cm³/mol. The summed E-state index contributed by atoms with van der Waals surface area (Å²) in [5.74, 6) is -0.328. The van der Waals surface area contributed by atoms with E-state index in [9.17, 15) is 14.7 Å². The molecule has 0 aromatic carbocycles. The molecule has 7 atom stereocenters. The molecule has 0 aromatic rings. The fourth-order valence-corrected chi connectivity index (χ4v) is 6.08. The molecule has 0 radical (unpaired) electrons. The summed E-state index contributed by atoms with van der Waals surface area (Å²) in [6, 6.07) is 0.00929. The number of hydrogen-bond donors (Lipinski definition) is 2. The summed E-state index contributed by atoms with van der Waals surface area (Å²) in [5.41, 5.74) is 0.0202. The molecule has 7 unspecified atom stereocenters. The first-order valence-corrected chi connectivity index (χ1v) is 11.9. The monoisotopic (exact) mass is 456 g/mol. The summed E-state index contributed by atoms with van der Waals surface area (Å²) < 4.78 is 15.3. The van der Waals surface area contributed by atoms with Gasteiger partial charge in [-0.05, 0) is 48.9 Å². The van der Waals surface area contributed by atoms with E-state index in [1.807, 2.05) is 6.92 Å².